The number of nitrogens with zero attached hydrogens (tertiary/aromatic N) is 6. The highest BCUT2D eigenvalue weighted by Crippen LogP contribution is 2.46. The summed E-state index contributed by atoms with van der Waals surface area (Å²) in [5.74, 6) is 1.33. The lowest BCUT2D eigenvalue weighted by atomic mass is 9.95. The van der Waals surface area contributed by atoms with Crippen molar-refractivity contribution in [3.8, 4) is 123 Å². The number of para-hydroxylation sites is 6. The average Bonchev–Trinajstić information content (AvgIpc) is 1.58. The highest BCUT2D eigenvalue weighted by Gasteiger charge is 2.25. The first-order valence-corrected chi connectivity index (χ1v) is 37.8. The number of rotatable bonds is 12. The van der Waals surface area contributed by atoms with Gasteiger partial charge in [-0.25, -0.2) is 19.9 Å². The fourth-order valence-corrected chi connectivity index (χ4v) is 16.4. The Labute approximate surface area is 645 Å². The standard InChI is InChI=1S/2C52H33N3O/c1-4-15-34(16-5-1)35-29-31-36(32-30-35)48-51-49(54-52(53-48)37-17-6-2-7-18-37)44-26-13-25-42(50(44)56-51)39-20-12-19-38(33-39)41-24-14-28-46-47(41)43-23-10-11-27-45(43)55(46)40-21-8-3-9-22-40;1-4-14-34(15-5-1)35-26-28-36(29-27-35)48-51-49(54-52(53-48)37-16-6-2-7-17-37)44-24-13-23-42(50(44)56-51)40-19-12-18-38(32-40)39-30-31-47-45(33-39)43-22-10-11-25-46(43)55(47)41-20-8-3-9-21-41/h2*1-33H. The summed E-state index contributed by atoms with van der Waals surface area (Å²) in [7, 11) is 0. The third-order valence-corrected chi connectivity index (χ3v) is 21.7. The van der Waals surface area contributed by atoms with Gasteiger partial charge in [-0.05, 0) is 134 Å². The van der Waals surface area contributed by atoms with Crippen LogP contribution in [0.2, 0.25) is 0 Å². The van der Waals surface area contributed by atoms with Crippen molar-refractivity contribution in [2.45, 2.75) is 0 Å². The molecule has 8 nitrogen and oxygen atoms in total. The van der Waals surface area contributed by atoms with Gasteiger partial charge in [-0.2, -0.15) is 0 Å². The van der Waals surface area contributed by atoms with Gasteiger partial charge in [-0.3, -0.25) is 0 Å². The summed E-state index contributed by atoms with van der Waals surface area (Å²) < 4.78 is 18.5. The van der Waals surface area contributed by atoms with E-state index < -0.39 is 0 Å². The van der Waals surface area contributed by atoms with E-state index in [2.05, 4.69) is 361 Å². The number of furan rings is 2. The monoisotopic (exact) mass is 1430 g/mol. The van der Waals surface area contributed by atoms with Crippen molar-refractivity contribution in [1.82, 2.24) is 29.1 Å². The van der Waals surface area contributed by atoms with Crippen molar-refractivity contribution < 1.29 is 8.83 Å². The van der Waals surface area contributed by atoms with E-state index in [0.717, 1.165) is 128 Å². The number of fused-ring (bicyclic) bond motifs is 12. The normalized spacial score (nSPS) is 11.6. The van der Waals surface area contributed by atoms with Crippen molar-refractivity contribution >= 4 is 87.7 Å². The molecule has 0 aliphatic rings. The van der Waals surface area contributed by atoms with E-state index in [-0.39, 0.29) is 0 Å². The van der Waals surface area contributed by atoms with Gasteiger partial charge in [0.05, 0.1) is 22.1 Å². The number of hydrogen-bond donors (Lipinski definition) is 0. The first kappa shape index (κ1) is 65.2. The summed E-state index contributed by atoms with van der Waals surface area (Å²) >= 11 is 0. The molecule has 0 fully saturated rings. The van der Waals surface area contributed by atoms with Crippen LogP contribution in [0.4, 0.5) is 0 Å². The van der Waals surface area contributed by atoms with E-state index in [1.54, 1.807) is 0 Å². The van der Waals surface area contributed by atoms with Crippen LogP contribution >= 0.6 is 0 Å². The lowest BCUT2D eigenvalue weighted by molar-refractivity contribution is 0.668. The predicted molar refractivity (Wildman–Crippen MR) is 462 cm³/mol. The first-order chi connectivity index (χ1) is 55.5. The van der Waals surface area contributed by atoms with Crippen LogP contribution in [-0.4, -0.2) is 29.1 Å². The van der Waals surface area contributed by atoms with Gasteiger partial charge in [0, 0.05) is 77.1 Å². The summed E-state index contributed by atoms with van der Waals surface area (Å²) in [4.78, 5) is 20.6. The molecule has 0 radical (unpaired) electrons. The molecule has 0 bridgehead atoms. The molecule has 0 saturated heterocycles. The highest BCUT2D eigenvalue weighted by molar-refractivity contribution is 6.17. The molecule has 22 aromatic rings. The topological polar surface area (TPSA) is 87.7 Å². The Morgan fingerprint density at radius 2 is 0.509 bits per heavy atom. The van der Waals surface area contributed by atoms with Gasteiger partial charge in [-0.15, -0.1) is 0 Å². The zero-order chi connectivity index (χ0) is 74.0. The van der Waals surface area contributed by atoms with Crippen LogP contribution in [0.15, 0.2) is 409 Å². The van der Waals surface area contributed by atoms with Gasteiger partial charge in [0.2, 0.25) is 0 Å². The molecule has 0 atom stereocenters. The van der Waals surface area contributed by atoms with Gasteiger partial charge < -0.3 is 18.0 Å². The molecule has 16 aromatic carbocycles. The Balaban J connectivity index is 0.000000141. The maximum Gasteiger partial charge on any atom is 0.180 e. The maximum atomic E-state index is 6.93. The minimum Gasteiger partial charge on any atom is -0.451 e. The van der Waals surface area contributed by atoms with Crippen LogP contribution < -0.4 is 0 Å². The van der Waals surface area contributed by atoms with Gasteiger partial charge in [0.1, 0.15) is 33.6 Å². The molecule has 8 heteroatoms. The Bertz CT molecular complexity index is 7320. The van der Waals surface area contributed by atoms with Gasteiger partial charge in [0.25, 0.3) is 0 Å². The molecule has 0 N–H and O–H groups in total. The van der Waals surface area contributed by atoms with E-state index in [4.69, 9.17) is 28.8 Å². The van der Waals surface area contributed by atoms with Crippen molar-refractivity contribution in [2.24, 2.45) is 0 Å². The highest BCUT2D eigenvalue weighted by atomic mass is 16.3. The SMILES string of the molecule is c1ccc(-c2ccc(-c3nc(-c4ccccc4)nc4c3oc3c(-c5cccc(-c6ccc7c(c6)c6ccccc6n7-c6ccccc6)c5)cccc34)cc2)cc1.c1ccc(-c2ccc(-c3nc(-c4ccccc4)nc4c3oc3c(-c5cccc(-c6cccc7c6c6ccccc6n7-c6ccccc6)c5)cccc34)cc2)cc1. The fourth-order valence-electron chi connectivity index (χ4n) is 16.4. The summed E-state index contributed by atoms with van der Waals surface area (Å²) in [6.07, 6.45) is 0. The zero-order valence-electron chi connectivity index (χ0n) is 60.6. The number of benzene rings is 16. The molecule has 0 aliphatic carbocycles. The molecule has 0 saturated carbocycles. The maximum absolute atomic E-state index is 6.93. The van der Waals surface area contributed by atoms with E-state index in [1.165, 1.54) is 60.3 Å². The summed E-state index contributed by atoms with van der Waals surface area (Å²) in [5, 5.41) is 6.83. The van der Waals surface area contributed by atoms with Gasteiger partial charge >= 0.3 is 0 Å². The van der Waals surface area contributed by atoms with Gasteiger partial charge in [-0.1, -0.05) is 322 Å². The average molecular weight is 1430 g/mol. The van der Waals surface area contributed by atoms with Crippen molar-refractivity contribution in [2.75, 3.05) is 0 Å². The summed E-state index contributed by atoms with van der Waals surface area (Å²) in [5.41, 5.74) is 30.4. The van der Waals surface area contributed by atoms with E-state index >= 15 is 0 Å². The van der Waals surface area contributed by atoms with Crippen LogP contribution in [0.5, 0.6) is 0 Å². The Kier molecular flexibility index (Phi) is 16.1. The Hall–Kier alpha value is -15.1. The second-order valence-corrected chi connectivity index (χ2v) is 28.3. The predicted octanol–water partition coefficient (Wildman–Crippen LogP) is 27.6. The molecule has 0 spiro atoms. The van der Waals surface area contributed by atoms with Crippen molar-refractivity contribution in [3.63, 3.8) is 0 Å². The van der Waals surface area contributed by atoms with E-state index in [9.17, 15) is 0 Å². The lowest BCUT2D eigenvalue weighted by Gasteiger charge is -2.10. The molecular weight excluding hydrogens is 1370 g/mol. The number of hydrogen-bond acceptors (Lipinski definition) is 6. The van der Waals surface area contributed by atoms with Crippen LogP contribution in [-0.2, 0) is 0 Å². The van der Waals surface area contributed by atoms with E-state index in [0.29, 0.717) is 22.8 Å². The van der Waals surface area contributed by atoms with Crippen molar-refractivity contribution in [3.05, 3.63) is 400 Å². The summed E-state index contributed by atoms with van der Waals surface area (Å²) in [6, 6.07) is 141. The summed E-state index contributed by atoms with van der Waals surface area (Å²) in [6.45, 7) is 0. The van der Waals surface area contributed by atoms with Crippen LogP contribution in [0.3, 0.4) is 0 Å². The molecule has 6 heterocycles. The second-order valence-electron chi connectivity index (χ2n) is 28.3. The van der Waals surface area contributed by atoms with E-state index in [1.807, 2.05) is 48.5 Å². The van der Waals surface area contributed by atoms with Gasteiger partial charge in [0.15, 0.2) is 22.8 Å². The largest absolute Gasteiger partial charge is 0.451 e. The Morgan fingerprint density at radius 1 is 0.188 bits per heavy atom. The molecule has 22 rings (SSSR count). The number of aromatic nitrogens is 6. The molecule has 524 valence electrons. The molecular formula is C104H66N6O2. The fraction of sp³-hybridized carbons (Fsp3) is 0. The third-order valence-electron chi connectivity index (χ3n) is 21.7. The molecule has 6 aromatic heterocycles. The quantitative estimate of drug-likeness (QED) is 0.121. The minimum absolute atomic E-state index is 0.665. The second kappa shape index (κ2) is 27.6. The molecule has 112 heavy (non-hydrogen) atoms. The molecule has 0 amide bonds. The first-order valence-electron chi connectivity index (χ1n) is 37.8. The van der Waals surface area contributed by atoms with Crippen LogP contribution in [0.1, 0.15) is 0 Å². The van der Waals surface area contributed by atoms with Crippen LogP contribution in [0.25, 0.3) is 211 Å². The zero-order valence-corrected chi connectivity index (χ0v) is 60.6. The smallest absolute Gasteiger partial charge is 0.180 e. The van der Waals surface area contributed by atoms with Crippen LogP contribution in [0, 0.1) is 0 Å². The molecule has 0 unspecified atom stereocenters. The third kappa shape index (κ3) is 11.5. The lowest BCUT2D eigenvalue weighted by Crippen LogP contribution is -1.93. The minimum atomic E-state index is 0.665. The Morgan fingerprint density at radius 3 is 1.02 bits per heavy atom. The van der Waals surface area contributed by atoms with Crippen molar-refractivity contribution in [1.29, 1.82) is 0 Å². The molecule has 0 aliphatic heterocycles.